The van der Waals surface area contributed by atoms with Gasteiger partial charge in [0, 0.05) is 12.1 Å². The smallest absolute Gasteiger partial charge is 0.268 e. The van der Waals surface area contributed by atoms with Gasteiger partial charge in [0.1, 0.15) is 5.71 Å². The Morgan fingerprint density at radius 2 is 1.78 bits per heavy atom. The van der Waals surface area contributed by atoms with Gasteiger partial charge < -0.3 is 10.2 Å². The Morgan fingerprint density at radius 1 is 1.06 bits per heavy atom. The van der Waals surface area contributed by atoms with E-state index in [2.05, 4.69) is 10.5 Å². The van der Waals surface area contributed by atoms with Gasteiger partial charge >= 0.3 is 0 Å². The molecule has 1 N–H and O–H groups in total. The second kappa shape index (κ2) is 8.05. The number of oxime groups is 1. The molecule has 32 heavy (non-hydrogen) atoms. The van der Waals surface area contributed by atoms with Gasteiger partial charge in [-0.15, -0.1) is 11.3 Å². The molecule has 1 aromatic heterocycles. The number of imide groups is 1. The van der Waals surface area contributed by atoms with Crippen LogP contribution in [0.25, 0.3) is 0 Å². The third-order valence-electron chi connectivity index (χ3n) is 5.07. The van der Waals surface area contributed by atoms with Crippen molar-refractivity contribution in [2.45, 2.75) is 12.5 Å². The maximum atomic E-state index is 12.7. The Kier molecular flexibility index (Phi) is 5.21. The van der Waals surface area contributed by atoms with Crippen LogP contribution in [-0.4, -0.2) is 29.5 Å². The molecule has 3 aromatic rings. The van der Waals surface area contributed by atoms with Crippen LogP contribution in [0, 0.1) is 0 Å². The molecule has 0 aliphatic carbocycles. The molecule has 160 valence electrons. The monoisotopic (exact) mass is 485 g/mol. The van der Waals surface area contributed by atoms with Crippen molar-refractivity contribution in [2.24, 2.45) is 5.16 Å². The van der Waals surface area contributed by atoms with E-state index in [0.717, 1.165) is 9.78 Å². The van der Waals surface area contributed by atoms with E-state index in [4.69, 9.17) is 28.0 Å². The number of hydrogen-bond acceptors (Lipinski definition) is 6. The van der Waals surface area contributed by atoms with Gasteiger partial charge in [-0.2, -0.15) is 0 Å². The molecule has 0 spiro atoms. The number of thiophene rings is 1. The normalized spacial score (nSPS) is 17.2. The Morgan fingerprint density at radius 3 is 2.41 bits per heavy atom. The van der Waals surface area contributed by atoms with Crippen LogP contribution < -0.4 is 10.2 Å². The summed E-state index contributed by atoms with van der Waals surface area (Å²) < 4.78 is 0.628. The average molecular weight is 486 g/mol. The first-order valence-corrected chi connectivity index (χ1v) is 11.1. The summed E-state index contributed by atoms with van der Waals surface area (Å²) in [6.45, 7) is 0. The van der Waals surface area contributed by atoms with Gasteiger partial charge in [0.2, 0.25) is 6.10 Å². The van der Waals surface area contributed by atoms with Crippen LogP contribution in [0.4, 0.5) is 11.4 Å². The zero-order chi connectivity index (χ0) is 22.4. The number of carbonyl (C=O) groups is 3. The first-order chi connectivity index (χ1) is 15.4. The van der Waals surface area contributed by atoms with Gasteiger partial charge in [-0.3, -0.25) is 14.4 Å². The lowest BCUT2D eigenvalue weighted by Gasteiger charge is -2.17. The van der Waals surface area contributed by atoms with Crippen molar-refractivity contribution in [3.8, 4) is 0 Å². The van der Waals surface area contributed by atoms with Crippen LogP contribution in [0.1, 0.15) is 32.0 Å². The molecule has 0 fully saturated rings. The number of nitrogens with one attached hydrogen (secondary N) is 1. The summed E-state index contributed by atoms with van der Waals surface area (Å²) in [4.78, 5) is 45.1. The van der Waals surface area contributed by atoms with Crippen molar-refractivity contribution in [1.82, 2.24) is 0 Å². The van der Waals surface area contributed by atoms with Crippen molar-refractivity contribution >= 4 is 69.3 Å². The molecule has 2 aliphatic rings. The second-order valence-electron chi connectivity index (χ2n) is 7.09. The van der Waals surface area contributed by atoms with E-state index in [1.165, 1.54) is 23.5 Å². The topological polar surface area (TPSA) is 88.1 Å². The van der Waals surface area contributed by atoms with Crippen LogP contribution in [0.15, 0.2) is 59.8 Å². The maximum absolute atomic E-state index is 12.7. The van der Waals surface area contributed by atoms with Gasteiger partial charge in [0.15, 0.2) is 0 Å². The Balaban J connectivity index is 1.29. The van der Waals surface area contributed by atoms with Crippen molar-refractivity contribution < 1.29 is 19.2 Å². The first kappa shape index (κ1) is 20.7. The van der Waals surface area contributed by atoms with Crippen molar-refractivity contribution in [2.75, 3.05) is 10.2 Å². The van der Waals surface area contributed by atoms with E-state index in [1.807, 2.05) is 6.07 Å². The predicted molar refractivity (Wildman–Crippen MR) is 123 cm³/mol. The maximum Gasteiger partial charge on any atom is 0.268 e. The highest BCUT2D eigenvalue weighted by Gasteiger charge is 2.37. The van der Waals surface area contributed by atoms with E-state index >= 15 is 0 Å². The fraction of sp³-hybridized carbons (Fsp3) is 0.0909. The zero-order valence-electron chi connectivity index (χ0n) is 16.2. The van der Waals surface area contributed by atoms with Gasteiger partial charge in [-0.1, -0.05) is 40.5 Å². The van der Waals surface area contributed by atoms with Crippen LogP contribution in [-0.2, 0) is 9.63 Å². The summed E-state index contributed by atoms with van der Waals surface area (Å²) in [6.07, 6.45) is -0.482. The molecule has 0 saturated carbocycles. The molecule has 3 heterocycles. The molecule has 2 aromatic carbocycles. The number of rotatable bonds is 4. The quantitative estimate of drug-likeness (QED) is 0.527. The molecule has 0 bridgehead atoms. The van der Waals surface area contributed by atoms with Gasteiger partial charge in [-0.05, 0) is 42.5 Å². The average Bonchev–Trinajstić information content (AvgIpc) is 3.49. The number of carbonyl (C=O) groups excluding carboxylic acids is 3. The zero-order valence-corrected chi connectivity index (χ0v) is 18.5. The number of nitrogens with zero attached hydrogens (tertiary/aromatic N) is 2. The summed E-state index contributed by atoms with van der Waals surface area (Å²) in [5.41, 5.74) is 1.95. The first-order valence-electron chi connectivity index (χ1n) is 9.49. The minimum atomic E-state index is -0.791. The molecular weight excluding hydrogens is 473 g/mol. The highest BCUT2D eigenvalue weighted by Crippen LogP contribution is 2.35. The SMILES string of the molecule is O=C(Nc1ccc(N2C(=O)c3ccccc3C2=O)c(Cl)c1)C1CC(c2ccc(Cl)s2)=NO1. The summed E-state index contributed by atoms with van der Waals surface area (Å²) in [5, 5.41) is 6.86. The Labute approximate surface area is 196 Å². The molecule has 3 amide bonds. The van der Waals surface area contributed by atoms with Crippen molar-refractivity contribution in [1.29, 1.82) is 0 Å². The standard InChI is InChI=1S/C22H13Cl2N3O4S/c23-14-9-11(25-20(28)17-10-15(26-31-17)18-7-8-19(24)32-18)5-6-16(14)27-21(29)12-3-1-2-4-13(12)22(27)30/h1-9,17H,10H2,(H,25,28). The summed E-state index contributed by atoms with van der Waals surface area (Å²) in [6, 6.07) is 14.7. The van der Waals surface area contributed by atoms with Crippen molar-refractivity contribution in [3.63, 3.8) is 0 Å². The number of halogens is 2. The molecule has 1 unspecified atom stereocenters. The van der Waals surface area contributed by atoms with E-state index in [0.29, 0.717) is 33.3 Å². The van der Waals surface area contributed by atoms with Crippen molar-refractivity contribution in [3.05, 3.63) is 80.0 Å². The molecule has 1 atom stereocenters. The second-order valence-corrected chi connectivity index (χ2v) is 9.21. The number of fused-ring (bicyclic) bond motifs is 1. The number of benzene rings is 2. The van der Waals surface area contributed by atoms with Crippen LogP contribution >= 0.6 is 34.5 Å². The van der Waals surface area contributed by atoms with Crippen LogP contribution in [0.2, 0.25) is 9.36 Å². The minimum absolute atomic E-state index is 0.148. The van der Waals surface area contributed by atoms with Crippen LogP contribution in [0.3, 0.4) is 0 Å². The Hall–Kier alpha value is -3.20. The fourth-order valence-electron chi connectivity index (χ4n) is 3.53. The highest BCUT2D eigenvalue weighted by molar-refractivity contribution is 7.18. The molecule has 0 radical (unpaired) electrons. The third kappa shape index (κ3) is 3.56. The lowest BCUT2D eigenvalue weighted by atomic mass is 10.1. The van der Waals surface area contributed by atoms with E-state index in [-0.39, 0.29) is 10.7 Å². The Bertz CT molecular complexity index is 1290. The van der Waals surface area contributed by atoms with Gasteiger partial charge in [-0.25, -0.2) is 4.90 Å². The molecule has 10 heteroatoms. The largest absolute Gasteiger partial charge is 0.382 e. The van der Waals surface area contributed by atoms with E-state index in [9.17, 15) is 14.4 Å². The minimum Gasteiger partial charge on any atom is -0.382 e. The van der Waals surface area contributed by atoms with Gasteiger partial charge in [0.25, 0.3) is 17.7 Å². The summed E-state index contributed by atoms with van der Waals surface area (Å²) in [5.74, 6) is -1.28. The van der Waals surface area contributed by atoms with E-state index in [1.54, 1.807) is 36.4 Å². The lowest BCUT2D eigenvalue weighted by Crippen LogP contribution is -2.30. The molecule has 0 saturated heterocycles. The van der Waals surface area contributed by atoms with Gasteiger partial charge in [0.05, 0.1) is 31.1 Å². The molecular formula is C22H13Cl2N3O4S. The van der Waals surface area contributed by atoms with E-state index < -0.39 is 23.8 Å². The number of hydrogen-bond donors (Lipinski definition) is 1. The summed E-state index contributed by atoms with van der Waals surface area (Å²) in [7, 11) is 0. The predicted octanol–water partition coefficient (Wildman–Crippen LogP) is 4.99. The summed E-state index contributed by atoms with van der Waals surface area (Å²) >= 11 is 13.7. The molecule has 2 aliphatic heterocycles. The number of anilines is 2. The third-order valence-corrected chi connectivity index (χ3v) is 6.65. The lowest BCUT2D eigenvalue weighted by molar-refractivity contribution is -0.125. The highest BCUT2D eigenvalue weighted by atomic mass is 35.5. The molecule has 7 nitrogen and oxygen atoms in total. The number of amides is 3. The fourth-order valence-corrected chi connectivity index (χ4v) is 4.83. The molecule has 5 rings (SSSR count). The van der Waals surface area contributed by atoms with Crippen LogP contribution in [0.5, 0.6) is 0 Å².